The van der Waals surface area contributed by atoms with Crippen LogP contribution in [0.15, 0.2) is 35.2 Å². The van der Waals surface area contributed by atoms with E-state index in [4.69, 9.17) is 4.74 Å². The lowest BCUT2D eigenvalue weighted by Crippen LogP contribution is -2.30. The highest BCUT2D eigenvalue weighted by Gasteiger charge is 2.33. The number of hydrogen-bond acceptors (Lipinski definition) is 3. The van der Waals surface area contributed by atoms with E-state index < -0.39 is 10.0 Å². The summed E-state index contributed by atoms with van der Waals surface area (Å²) in [5, 5.41) is 0. The summed E-state index contributed by atoms with van der Waals surface area (Å²) in [7, 11) is -3.34. The van der Waals surface area contributed by atoms with Crippen LogP contribution >= 0.6 is 0 Å². The van der Waals surface area contributed by atoms with Gasteiger partial charge >= 0.3 is 0 Å². The van der Waals surface area contributed by atoms with Crippen LogP contribution in [-0.4, -0.2) is 38.5 Å². The maximum atomic E-state index is 12.4. The van der Waals surface area contributed by atoms with E-state index in [-0.39, 0.29) is 6.10 Å². The number of rotatable bonds is 5. The van der Waals surface area contributed by atoms with Gasteiger partial charge in [0.1, 0.15) is 0 Å². The molecule has 1 saturated heterocycles. The third kappa shape index (κ3) is 2.99. The predicted octanol–water partition coefficient (Wildman–Crippen LogP) is 1.88. The van der Waals surface area contributed by atoms with E-state index in [1.165, 1.54) is 12.8 Å². The van der Waals surface area contributed by atoms with Gasteiger partial charge < -0.3 is 4.74 Å². The normalized spacial score (nSPS) is 24.7. The molecule has 4 nitrogen and oxygen atoms in total. The minimum Gasteiger partial charge on any atom is -0.377 e. The second-order valence-electron chi connectivity index (χ2n) is 5.36. The molecule has 1 saturated carbocycles. The molecular weight excluding hydrogens is 262 g/mol. The highest BCUT2D eigenvalue weighted by molar-refractivity contribution is 7.89. The van der Waals surface area contributed by atoms with Gasteiger partial charge in [-0.2, -0.15) is 4.31 Å². The van der Waals surface area contributed by atoms with E-state index >= 15 is 0 Å². The van der Waals surface area contributed by atoms with E-state index in [1.54, 1.807) is 28.6 Å². The zero-order valence-electron chi connectivity index (χ0n) is 10.9. The molecule has 3 rings (SSSR count). The Morgan fingerprint density at radius 2 is 1.89 bits per heavy atom. The maximum absolute atomic E-state index is 12.4. The smallest absolute Gasteiger partial charge is 0.243 e. The van der Waals surface area contributed by atoms with Gasteiger partial charge in [0.25, 0.3) is 0 Å². The van der Waals surface area contributed by atoms with Crippen LogP contribution in [0.5, 0.6) is 0 Å². The summed E-state index contributed by atoms with van der Waals surface area (Å²) in [6, 6.07) is 8.63. The van der Waals surface area contributed by atoms with Crippen LogP contribution < -0.4 is 0 Å². The van der Waals surface area contributed by atoms with Crippen molar-refractivity contribution in [3.05, 3.63) is 30.3 Å². The average molecular weight is 281 g/mol. The molecular formula is C14H19NO3S. The van der Waals surface area contributed by atoms with Gasteiger partial charge in [-0.15, -0.1) is 0 Å². The Balaban J connectivity index is 1.63. The number of benzene rings is 1. The lowest BCUT2D eigenvalue weighted by atomic mass is 10.3. The first-order chi connectivity index (χ1) is 9.16. The Hall–Kier alpha value is -0.910. The lowest BCUT2D eigenvalue weighted by Gasteiger charge is -2.16. The summed E-state index contributed by atoms with van der Waals surface area (Å²) in [5.41, 5.74) is 0. The second kappa shape index (κ2) is 5.23. The van der Waals surface area contributed by atoms with Gasteiger partial charge in [0.15, 0.2) is 0 Å². The van der Waals surface area contributed by atoms with Crippen LogP contribution in [-0.2, 0) is 14.8 Å². The van der Waals surface area contributed by atoms with E-state index in [1.807, 2.05) is 6.07 Å². The number of hydrogen-bond donors (Lipinski definition) is 0. The first kappa shape index (κ1) is 13.1. The van der Waals surface area contributed by atoms with Crippen molar-refractivity contribution in [2.75, 3.05) is 19.7 Å². The fourth-order valence-corrected chi connectivity index (χ4v) is 3.86. The molecule has 2 aliphatic rings. The molecule has 1 aliphatic carbocycles. The van der Waals surface area contributed by atoms with Gasteiger partial charge in [0.05, 0.1) is 11.0 Å². The summed E-state index contributed by atoms with van der Waals surface area (Å²) >= 11 is 0. The molecule has 1 unspecified atom stereocenters. The van der Waals surface area contributed by atoms with Gasteiger partial charge in [-0.1, -0.05) is 18.2 Å². The molecule has 0 aromatic heterocycles. The molecule has 1 atom stereocenters. The van der Waals surface area contributed by atoms with Gasteiger partial charge in [0, 0.05) is 19.7 Å². The standard InChI is InChI=1S/C14H19NO3S/c16-19(17,14-4-2-1-3-5-14)15-9-8-13(10-15)18-11-12-6-7-12/h1-5,12-13H,6-11H2. The third-order valence-corrected chi connectivity index (χ3v) is 5.63. The van der Waals surface area contributed by atoms with Crippen molar-refractivity contribution >= 4 is 10.0 Å². The molecule has 1 aromatic rings. The van der Waals surface area contributed by atoms with Crippen molar-refractivity contribution < 1.29 is 13.2 Å². The van der Waals surface area contributed by atoms with Crippen LogP contribution in [0.3, 0.4) is 0 Å². The van der Waals surface area contributed by atoms with Crippen molar-refractivity contribution in [2.24, 2.45) is 5.92 Å². The van der Waals surface area contributed by atoms with Crippen molar-refractivity contribution in [1.29, 1.82) is 0 Å². The van der Waals surface area contributed by atoms with Gasteiger partial charge in [-0.25, -0.2) is 8.42 Å². The van der Waals surface area contributed by atoms with Gasteiger partial charge in [-0.05, 0) is 37.3 Å². The quantitative estimate of drug-likeness (QED) is 0.828. The Labute approximate surface area is 114 Å². The van der Waals surface area contributed by atoms with Crippen molar-refractivity contribution in [3.63, 3.8) is 0 Å². The van der Waals surface area contributed by atoms with Gasteiger partial charge in [-0.3, -0.25) is 0 Å². The number of sulfonamides is 1. The zero-order chi connectivity index (χ0) is 13.3. The molecule has 0 N–H and O–H groups in total. The summed E-state index contributed by atoms with van der Waals surface area (Å²) in [5.74, 6) is 0.722. The highest BCUT2D eigenvalue weighted by atomic mass is 32.2. The predicted molar refractivity (Wildman–Crippen MR) is 72.3 cm³/mol. The SMILES string of the molecule is O=S(=O)(c1ccccc1)N1CCC(OCC2CC2)C1. The van der Waals surface area contributed by atoms with E-state index in [2.05, 4.69) is 0 Å². The highest BCUT2D eigenvalue weighted by Crippen LogP contribution is 2.30. The molecule has 19 heavy (non-hydrogen) atoms. The van der Waals surface area contributed by atoms with Crippen LogP contribution in [0.1, 0.15) is 19.3 Å². The van der Waals surface area contributed by atoms with Crippen LogP contribution in [0.4, 0.5) is 0 Å². The van der Waals surface area contributed by atoms with Crippen molar-refractivity contribution in [2.45, 2.75) is 30.3 Å². The maximum Gasteiger partial charge on any atom is 0.243 e. The van der Waals surface area contributed by atoms with E-state index in [0.29, 0.717) is 18.0 Å². The van der Waals surface area contributed by atoms with Crippen LogP contribution in [0.2, 0.25) is 0 Å². The molecule has 2 fully saturated rings. The molecule has 5 heteroatoms. The van der Waals surface area contributed by atoms with Gasteiger partial charge in [0.2, 0.25) is 10.0 Å². The lowest BCUT2D eigenvalue weighted by molar-refractivity contribution is 0.0561. The van der Waals surface area contributed by atoms with E-state index in [0.717, 1.165) is 18.9 Å². The Morgan fingerprint density at radius 3 is 2.58 bits per heavy atom. The minimum atomic E-state index is -3.34. The second-order valence-corrected chi connectivity index (χ2v) is 7.30. The molecule has 1 aliphatic heterocycles. The minimum absolute atomic E-state index is 0.0686. The molecule has 1 aromatic carbocycles. The topological polar surface area (TPSA) is 46.6 Å². The Morgan fingerprint density at radius 1 is 1.16 bits per heavy atom. The first-order valence-corrected chi connectivity index (χ1v) is 8.27. The van der Waals surface area contributed by atoms with Crippen LogP contribution in [0, 0.1) is 5.92 Å². The molecule has 0 spiro atoms. The monoisotopic (exact) mass is 281 g/mol. The van der Waals surface area contributed by atoms with E-state index in [9.17, 15) is 8.42 Å². The Bertz CT molecular complexity index is 525. The van der Waals surface area contributed by atoms with Crippen molar-refractivity contribution in [3.8, 4) is 0 Å². The van der Waals surface area contributed by atoms with Crippen molar-refractivity contribution in [1.82, 2.24) is 4.31 Å². The molecule has 104 valence electrons. The molecule has 0 radical (unpaired) electrons. The summed E-state index contributed by atoms with van der Waals surface area (Å²) in [6.07, 6.45) is 3.40. The Kier molecular flexibility index (Phi) is 3.60. The first-order valence-electron chi connectivity index (χ1n) is 6.83. The number of nitrogens with zero attached hydrogens (tertiary/aromatic N) is 1. The summed E-state index contributed by atoms with van der Waals surface area (Å²) in [6.45, 7) is 1.85. The molecule has 1 heterocycles. The van der Waals surface area contributed by atoms with Crippen LogP contribution in [0.25, 0.3) is 0 Å². The molecule has 0 amide bonds. The number of ether oxygens (including phenoxy) is 1. The fraction of sp³-hybridized carbons (Fsp3) is 0.571. The third-order valence-electron chi connectivity index (χ3n) is 3.75. The average Bonchev–Trinajstić information content (AvgIpc) is 3.13. The largest absolute Gasteiger partial charge is 0.377 e. The molecule has 0 bridgehead atoms. The fourth-order valence-electron chi connectivity index (χ4n) is 2.35. The zero-order valence-corrected chi connectivity index (χ0v) is 11.7. The summed E-state index contributed by atoms with van der Waals surface area (Å²) in [4.78, 5) is 0.373. The summed E-state index contributed by atoms with van der Waals surface area (Å²) < 4.78 is 32.1.